The quantitative estimate of drug-likeness (QED) is 0.758. The molecule has 0 radical (unpaired) electrons. The van der Waals surface area contributed by atoms with Crippen molar-refractivity contribution in [3.05, 3.63) is 23.8 Å². The van der Waals surface area contributed by atoms with Gasteiger partial charge in [-0.05, 0) is 31.0 Å². The highest BCUT2D eigenvalue weighted by Crippen LogP contribution is 2.28. The minimum absolute atomic E-state index is 0.0168. The lowest BCUT2D eigenvalue weighted by Gasteiger charge is -2.09. The van der Waals surface area contributed by atoms with Gasteiger partial charge in [-0.25, -0.2) is 0 Å². The van der Waals surface area contributed by atoms with Crippen LogP contribution in [0.4, 0.5) is 0 Å². The van der Waals surface area contributed by atoms with E-state index in [4.69, 9.17) is 14.7 Å². The molecule has 0 aliphatic rings. The molecule has 0 saturated carbocycles. The van der Waals surface area contributed by atoms with Crippen LogP contribution < -0.4 is 9.47 Å². The Bertz CT molecular complexity index is 368. The molecule has 0 N–H and O–H groups in total. The van der Waals surface area contributed by atoms with Gasteiger partial charge in [0.2, 0.25) is 0 Å². The number of ether oxygens (including phenoxy) is 2. The van der Waals surface area contributed by atoms with Crippen LogP contribution in [0.5, 0.6) is 11.5 Å². The van der Waals surface area contributed by atoms with Gasteiger partial charge in [-0.1, -0.05) is 6.07 Å². The Balaban J connectivity index is 2.89. The van der Waals surface area contributed by atoms with Crippen LogP contribution in [0, 0.1) is 17.2 Å². The van der Waals surface area contributed by atoms with Crippen molar-refractivity contribution in [3.63, 3.8) is 0 Å². The minimum atomic E-state index is 0.0168. The van der Waals surface area contributed by atoms with Crippen LogP contribution in [0.1, 0.15) is 12.5 Å². The molecule has 3 nitrogen and oxygen atoms in total. The van der Waals surface area contributed by atoms with E-state index in [1.807, 2.05) is 25.1 Å². The zero-order valence-corrected chi connectivity index (χ0v) is 9.28. The number of hydrogen-bond donors (Lipinski definition) is 0. The smallest absolute Gasteiger partial charge is 0.160 e. The number of nitrogens with zero attached hydrogens (tertiary/aromatic N) is 1. The molecular formula is C12H15NO2. The molecule has 0 heterocycles. The van der Waals surface area contributed by atoms with Crippen LogP contribution in [-0.4, -0.2) is 14.2 Å². The Labute approximate surface area is 90.2 Å². The summed E-state index contributed by atoms with van der Waals surface area (Å²) in [5.41, 5.74) is 1.08. The minimum Gasteiger partial charge on any atom is -0.493 e. The van der Waals surface area contributed by atoms with Gasteiger partial charge in [0.1, 0.15) is 0 Å². The van der Waals surface area contributed by atoms with Crippen LogP contribution in [0.15, 0.2) is 18.2 Å². The van der Waals surface area contributed by atoms with Crippen molar-refractivity contribution < 1.29 is 9.47 Å². The molecule has 0 aromatic heterocycles. The topological polar surface area (TPSA) is 42.2 Å². The van der Waals surface area contributed by atoms with E-state index in [1.54, 1.807) is 14.2 Å². The van der Waals surface area contributed by atoms with Crippen LogP contribution in [0.2, 0.25) is 0 Å². The molecule has 0 aliphatic carbocycles. The number of benzene rings is 1. The summed E-state index contributed by atoms with van der Waals surface area (Å²) in [7, 11) is 3.21. The second kappa shape index (κ2) is 5.26. The second-order valence-corrected chi connectivity index (χ2v) is 3.42. The maximum Gasteiger partial charge on any atom is 0.160 e. The highest BCUT2D eigenvalue weighted by Gasteiger charge is 2.07. The van der Waals surface area contributed by atoms with Crippen molar-refractivity contribution in [2.75, 3.05) is 14.2 Å². The molecule has 1 aromatic rings. The fourth-order valence-corrected chi connectivity index (χ4v) is 1.41. The predicted octanol–water partition coefficient (Wildman–Crippen LogP) is 2.41. The van der Waals surface area contributed by atoms with E-state index in [1.165, 1.54) is 0 Å². The monoisotopic (exact) mass is 205 g/mol. The van der Waals surface area contributed by atoms with Gasteiger partial charge in [-0.2, -0.15) is 5.26 Å². The van der Waals surface area contributed by atoms with Crippen LogP contribution in [-0.2, 0) is 6.42 Å². The summed E-state index contributed by atoms with van der Waals surface area (Å²) >= 11 is 0. The van der Waals surface area contributed by atoms with Gasteiger partial charge < -0.3 is 9.47 Å². The Morgan fingerprint density at radius 3 is 2.47 bits per heavy atom. The molecule has 1 atom stereocenters. The molecule has 3 heteroatoms. The average Bonchev–Trinajstić information content (AvgIpc) is 2.28. The first kappa shape index (κ1) is 11.4. The van der Waals surface area contributed by atoms with E-state index in [2.05, 4.69) is 6.07 Å². The maximum absolute atomic E-state index is 8.72. The first-order valence-corrected chi connectivity index (χ1v) is 4.81. The van der Waals surface area contributed by atoms with Crippen LogP contribution in [0.3, 0.4) is 0 Å². The third kappa shape index (κ3) is 2.88. The van der Waals surface area contributed by atoms with E-state index in [-0.39, 0.29) is 5.92 Å². The Hall–Kier alpha value is -1.69. The van der Waals surface area contributed by atoms with Gasteiger partial charge in [0, 0.05) is 5.92 Å². The summed E-state index contributed by atoms with van der Waals surface area (Å²) in [5, 5.41) is 8.72. The summed E-state index contributed by atoms with van der Waals surface area (Å²) in [6.45, 7) is 1.90. The van der Waals surface area contributed by atoms with Crippen molar-refractivity contribution in [2.45, 2.75) is 13.3 Å². The van der Waals surface area contributed by atoms with Crippen molar-refractivity contribution in [2.24, 2.45) is 5.92 Å². The van der Waals surface area contributed by atoms with Crippen molar-refractivity contribution in [1.82, 2.24) is 0 Å². The van der Waals surface area contributed by atoms with Gasteiger partial charge >= 0.3 is 0 Å². The number of rotatable bonds is 4. The first-order valence-electron chi connectivity index (χ1n) is 4.81. The summed E-state index contributed by atoms with van der Waals surface area (Å²) < 4.78 is 10.3. The Kier molecular flexibility index (Phi) is 3.99. The molecular weight excluding hydrogens is 190 g/mol. The molecule has 0 amide bonds. The average molecular weight is 205 g/mol. The molecule has 0 fully saturated rings. The highest BCUT2D eigenvalue weighted by molar-refractivity contribution is 5.43. The van der Waals surface area contributed by atoms with Crippen molar-refractivity contribution in [1.29, 1.82) is 5.26 Å². The van der Waals surface area contributed by atoms with Gasteiger partial charge in [0.15, 0.2) is 11.5 Å². The third-order valence-electron chi connectivity index (χ3n) is 2.21. The predicted molar refractivity (Wildman–Crippen MR) is 58.0 cm³/mol. The third-order valence-corrected chi connectivity index (χ3v) is 2.21. The second-order valence-electron chi connectivity index (χ2n) is 3.42. The summed E-state index contributed by atoms with van der Waals surface area (Å²) in [6.07, 6.45) is 0.733. The van der Waals surface area contributed by atoms with Crippen LogP contribution >= 0.6 is 0 Å². The van der Waals surface area contributed by atoms with Crippen LogP contribution in [0.25, 0.3) is 0 Å². The Morgan fingerprint density at radius 1 is 1.27 bits per heavy atom. The zero-order chi connectivity index (χ0) is 11.3. The molecule has 0 unspecified atom stereocenters. The molecule has 0 bridgehead atoms. The number of hydrogen-bond acceptors (Lipinski definition) is 3. The summed E-state index contributed by atoms with van der Waals surface area (Å²) in [5.74, 6) is 1.44. The standard InChI is InChI=1S/C12H15NO2/c1-9(8-13)6-10-4-5-11(14-2)12(7-10)15-3/h4-5,7,9H,6H2,1-3H3/t9-/m0/s1. The maximum atomic E-state index is 8.72. The van der Waals surface area contributed by atoms with E-state index >= 15 is 0 Å². The van der Waals surface area contributed by atoms with E-state index in [0.717, 1.165) is 12.0 Å². The normalized spacial score (nSPS) is 11.6. The molecule has 80 valence electrons. The molecule has 15 heavy (non-hydrogen) atoms. The van der Waals surface area contributed by atoms with Gasteiger partial charge in [-0.3, -0.25) is 0 Å². The van der Waals surface area contributed by atoms with Gasteiger partial charge in [0.05, 0.1) is 20.3 Å². The van der Waals surface area contributed by atoms with Gasteiger partial charge in [-0.15, -0.1) is 0 Å². The zero-order valence-electron chi connectivity index (χ0n) is 9.28. The summed E-state index contributed by atoms with van der Waals surface area (Å²) in [6, 6.07) is 7.93. The van der Waals surface area contributed by atoms with E-state index < -0.39 is 0 Å². The molecule has 1 rings (SSSR count). The van der Waals surface area contributed by atoms with E-state index in [0.29, 0.717) is 11.5 Å². The van der Waals surface area contributed by atoms with E-state index in [9.17, 15) is 0 Å². The first-order chi connectivity index (χ1) is 7.21. The van der Waals surface area contributed by atoms with Crippen molar-refractivity contribution in [3.8, 4) is 17.6 Å². The Morgan fingerprint density at radius 2 is 1.93 bits per heavy atom. The van der Waals surface area contributed by atoms with Crippen molar-refractivity contribution >= 4 is 0 Å². The highest BCUT2D eigenvalue weighted by atomic mass is 16.5. The fraction of sp³-hybridized carbons (Fsp3) is 0.417. The largest absolute Gasteiger partial charge is 0.493 e. The lowest BCUT2D eigenvalue weighted by molar-refractivity contribution is 0.354. The number of nitriles is 1. The SMILES string of the molecule is COc1ccc(C[C@H](C)C#N)cc1OC. The summed E-state index contributed by atoms with van der Waals surface area (Å²) in [4.78, 5) is 0. The lowest BCUT2D eigenvalue weighted by Crippen LogP contribution is -1.98. The molecule has 0 aliphatic heterocycles. The van der Waals surface area contributed by atoms with Gasteiger partial charge in [0.25, 0.3) is 0 Å². The number of methoxy groups -OCH3 is 2. The lowest BCUT2D eigenvalue weighted by atomic mass is 10.0. The molecule has 1 aromatic carbocycles. The molecule has 0 saturated heterocycles. The molecule has 0 spiro atoms. The fourth-order valence-electron chi connectivity index (χ4n) is 1.41.